The summed E-state index contributed by atoms with van der Waals surface area (Å²) in [6.45, 7) is 20.1. The molecule has 2 saturated heterocycles. The molecule has 0 radical (unpaired) electrons. The fourth-order valence-electron chi connectivity index (χ4n) is 3.18. The van der Waals surface area contributed by atoms with Gasteiger partial charge in [-0.3, -0.25) is 9.80 Å². The van der Waals surface area contributed by atoms with Gasteiger partial charge in [0.25, 0.3) is 0 Å². The maximum atomic E-state index is 12.3. The number of rotatable bonds is 1. The van der Waals surface area contributed by atoms with Crippen LogP contribution in [0.25, 0.3) is 0 Å². The van der Waals surface area contributed by atoms with Crippen LogP contribution in [0.4, 0.5) is 4.79 Å². The maximum Gasteiger partial charge on any atom is 0.429 e. The van der Waals surface area contributed by atoms with Crippen LogP contribution in [0.15, 0.2) is 0 Å². The molecule has 2 heterocycles. The third-order valence-corrected chi connectivity index (χ3v) is 4.88. The van der Waals surface area contributed by atoms with Crippen molar-refractivity contribution in [2.24, 2.45) is 0 Å². The Morgan fingerprint density at radius 3 is 1.48 bits per heavy atom. The first kappa shape index (κ1) is 18.5. The lowest BCUT2D eigenvalue weighted by Gasteiger charge is -2.43. The fraction of sp³-hybridized carbons (Fsp3) is 0.941. The largest absolute Gasteiger partial charge is 0.429 e. The van der Waals surface area contributed by atoms with Crippen molar-refractivity contribution in [3.05, 3.63) is 0 Å². The predicted molar refractivity (Wildman–Crippen MR) is 92.3 cm³/mol. The summed E-state index contributed by atoms with van der Waals surface area (Å²) in [5.74, 6) is 0. The highest BCUT2D eigenvalue weighted by Crippen LogP contribution is 2.18. The van der Waals surface area contributed by atoms with Crippen molar-refractivity contribution in [3.8, 4) is 0 Å². The molecule has 0 aromatic rings. The summed E-state index contributed by atoms with van der Waals surface area (Å²) in [5, 5.41) is 1.82. The van der Waals surface area contributed by atoms with Crippen LogP contribution in [-0.2, 0) is 4.84 Å². The number of amides is 1. The van der Waals surface area contributed by atoms with E-state index in [1.807, 2.05) is 9.96 Å². The van der Waals surface area contributed by atoms with Gasteiger partial charge >= 0.3 is 6.09 Å². The van der Waals surface area contributed by atoms with Gasteiger partial charge in [0.2, 0.25) is 0 Å². The molecular formula is C17H34N4O2. The SMILES string of the molecule is CC(C)(C)N1CCN(OC(=O)N2CCN(C(C)(C)C)CC2)CC1. The smallest absolute Gasteiger partial charge is 0.351 e. The first-order valence-electron chi connectivity index (χ1n) is 8.79. The molecule has 0 N–H and O–H groups in total. The van der Waals surface area contributed by atoms with Gasteiger partial charge < -0.3 is 9.74 Å². The zero-order valence-electron chi connectivity index (χ0n) is 15.8. The van der Waals surface area contributed by atoms with Gasteiger partial charge in [-0.15, -0.1) is 5.06 Å². The average molecular weight is 326 g/mol. The second kappa shape index (κ2) is 6.95. The first-order valence-corrected chi connectivity index (χ1v) is 8.79. The highest BCUT2D eigenvalue weighted by molar-refractivity contribution is 5.67. The Hall–Kier alpha value is -0.850. The van der Waals surface area contributed by atoms with Gasteiger partial charge in [-0.1, -0.05) is 0 Å². The maximum absolute atomic E-state index is 12.3. The molecule has 2 fully saturated rings. The van der Waals surface area contributed by atoms with Crippen molar-refractivity contribution >= 4 is 6.09 Å². The summed E-state index contributed by atoms with van der Waals surface area (Å²) >= 11 is 0. The minimum absolute atomic E-state index is 0.166. The Balaban J connectivity index is 1.74. The number of hydrogen-bond acceptors (Lipinski definition) is 5. The lowest BCUT2D eigenvalue weighted by atomic mass is 10.1. The van der Waals surface area contributed by atoms with Gasteiger partial charge in [0.1, 0.15) is 0 Å². The average Bonchev–Trinajstić information content (AvgIpc) is 2.46. The Labute approximate surface area is 141 Å². The second-order valence-corrected chi connectivity index (χ2v) is 8.59. The summed E-state index contributed by atoms with van der Waals surface area (Å²) in [6.07, 6.45) is -0.192. The Morgan fingerprint density at radius 1 is 0.696 bits per heavy atom. The van der Waals surface area contributed by atoms with E-state index in [9.17, 15) is 4.79 Å². The van der Waals surface area contributed by atoms with E-state index in [4.69, 9.17) is 4.84 Å². The van der Waals surface area contributed by atoms with Gasteiger partial charge in [0, 0.05) is 63.4 Å². The topological polar surface area (TPSA) is 39.3 Å². The van der Waals surface area contributed by atoms with Crippen molar-refractivity contribution in [1.82, 2.24) is 19.8 Å². The third-order valence-electron chi connectivity index (χ3n) is 4.88. The number of hydroxylamine groups is 2. The van der Waals surface area contributed by atoms with Gasteiger partial charge in [-0.2, -0.15) is 0 Å². The zero-order chi connectivity index (χ0) is 17.3. The molecular weight excluding hydrogens is 292 g/mol. The summed E-state index contributed by atoms with van der Waals surface area (Å²) < 4.78 is 0. The fourth-order valence-corrected chi connectivity index (χ4v) is 3.18. The van der Waals surface area contributed by atoms with Gasteiger partial charge in [0.15, 0.2) is 0 Å². The molecule has 23 heavy (non-hydrogen) atoms. The van der Waals surface area contributed by atoms with Crippen LogP contribution >= 0.6 is 0 Å². The van der Waals surface area contributed by atoms with Crippen LogP contribution in [0, 0.1) is 0 Å². The molecule has 2 aliphatic heterocycles. The standard InChI is InChI=1S/C17H34N4O2/c1-16(2,3)19-9-7-18(8-10-19)15(22)23-21-13-11-20(12-14-21)17(4,5)6/h7-14H2,1-6H3. The Morgan fingerprint density at radius 2 is 1.09 bits per heavy atom. The molecule has 0 atom stereocenters. The molecule has 0 saturated carbocycles. The zero-order valence-corrected chi connectivity index (χ0v) is 15.8. The molecule has 6 heteroatoms. The third kappa shape index (κ3) is 5.06. The summed E-state index contributed by atoms with van der Waals surface area (Å²) in [6, 6.07) is 0. The van der Waals surface area contributed by atoms with E-state index in [1.165, 1.54) is 0 Å². The van der Waals surface area contributed by atoms with Crippen LogP contribution in [0.2, 0.25) is 0 Å². The predicted octanol–water partition coefficient (Wildman–Crippen LogP) is 1.87. The van der Waals surface area contributed by atoms with Crippen LogP contribution in [0.5, 0.6) is 0 Å². The molecule has 0 spiro atoms. The highest BCUT2D eigenvalue weighted by atomic mass is 16.7. The molecule has 0 unspecified atom stereocenters. The molecule has 0 bridgehead atoms. The van der Waals surface area contributed by atoms with Gasteiger partial charge in [-0.25, -0.2) is 4.79 Å². The summed E-state index contributed by atoms with van der Waals surface area (Å²) in [5.41, 5.74) is 0.346. The van der Waals surface area contributed by atoms with E-state index in [0.29, 0.717) is 0 Å². The van der Waals surface area contributed by atoms with Crippen LogP contribution < -0.4 is 0 Å². The monoisotopic (exact) mass is 326 g/mol. The van der Waals surface area contributed by atoms with E-state index < -0.39 is 0 Å². The van der Waals surface area contributed by atoms with Crippen molar-refractivity contribution in [2.45, 2.75) is 52.6 Å². The number of carbonyl (C=O) groups excluding carboxylic acids is 1. The van der Waals surface area contributed by atoms with Crippen molar-refractivity contribution in [3.63, 3.8) is 0 Å². The van der Waals surface area contributed by atoms with E-state index in [2.05, 4.69) is 51.3 Å². The number of hydrogen-bond donors (Lipinski definition) is 0. The van der Waals surface area contributed by atoms with Crippen molar-refractivity contribution in [1.29, 1.82) is 0 Å². The highest BCUT2D eigenvalue weighted by Gasteiger charge is 2.31. The minimum atomic E-state index is -0.192. The quantitative estimate of drug-likeness (QED) is 0.736. The van der Waals surface area contributed by atoms with Crippen molar-refractivity contribution in [2.75, 3.05) is 52.4 Å². The van der Waals surface area contributed by atoms with Crippen LogP contribution in [-0.4, -0.2) is 89.3 Å². The molecule has 1 amide bonds. The van der Waals surface area contributed by atoms with Crippen molar-refractivity contribution < 1.29 is 9.63 Å². The normalized spacial score (nSPS) is 23.1. The number of carbonyl (C=O) groups is 1. The molecule has 0 aliphatic carbocycles. The summed E-state index contributed by atoms with van der Waals surface area (Å²) in [4.78, 5) is 24.6. The lowest BCUT2D eigenvalue weighted by Crippen LogP contribution is -2.57. The molecule has 134 valence electrons. The minimum Gasteiger partial charge on any atom is -0.351 e. The lowest BCUT2D eigenvalue weighted by molar-refractivity contribution is -0.142. The number of piperazine rings is 2. The van der Waals surface area contributed by atoms with E-state index in [0.717, 1.165) is 52.4 Å². The van der Waals surface area contributed by atoms with Crippen LogP contribution in [0.1, 0.15) is 41.5 Å². The Bertz CT molecular complexity index is 398. The van der Waals surface area contributed by atoms with Gasteiger partial charge in [-0.05, 0) is 41.5 Å². The summed E-state index contributed by atoms with van der Waals surface area (Å²) in [7, 11) is 0. The van der Waals surface area contributed by atoms with Crippen LogP contribution in [0.3, 0.4) is 0 Å². The first-order chi connectivity index (χ1) is 10.6. The Kier molecular flexibility index (Phi) is 5.59. The van der Waals surface area contributed by atoms with Gasteiger partial charge in [0.05, 0.1) is 0 Å². The molecule has 2 aliphatic rings. The van der Waals surface area contributed by atoms with E-state index in [1.54, 1.807) is 0 Å². The number of nitrogens with zero attached hydrogens (tertiary/aromatic N) is 4. The molecule has 0 aromatic carbocycles. The molecule has 6 nitrogen and oxygen atoms in total. The van der Waals surface area contributed by atoms with E-state index >= 15 is 0 Å². The second-order valence-electron chi connectivity index (χ2n) is 8.59. The molecule has 2 rings (SSSR count). The van der Waals surface area contributed by atoms with E-state index in [-0.39, 0.29) is 17.2 Å². The molecule has 0 aromatic heterocycles.